The molecule has 0 aromatic heterocycles. The van der Waals surface area contributed by atoms with Gasteiger partial charge in [0.15, 0.2) is 0 Å². The van der Waals surface area contributed by atoms with E-state index in [0.29, 0.717) is 19.8 Å². The standard InChI is InChI=1S/C10H22N2O3/c1-9(11-5-4-7-14-2)10(13)12-6-8-15-3/h9,11H,4-8H2,1-3H3,(H,12,13). The molecule has 0 rings (SSSR count). The Hall–Kier alpha value is -0.650. The maximum Gasteiger partial charge on any atom is 0.236 e. The van der Waals surface area contributed by atoms with Crippen molar-refractivity contribution in [3.05, 3.63) is 0 Å². The van der Waals surface area contributed by atoms with E-state index in [4.69, 9.17) is 9.47 Å². The van der Waals surface area contributed by atoms with Gasteiger partial charge in [0.1, 0.15) is 0 Å². The molecular formula is C10H22N2O3. The summed E-state index contributed by atoms with van der Waals surface area (Å²) in [6, 6.07) is -0.168. The van der Waals surface area contributed by atoms with Crippen LogP contribution in [0.2, 0.25) is 0 Å². The second-order valence-corrected chi connectivity index (χ2v) is 3.31. The summed E-state index contributed by atoms with van der Waals surface area (Å²) in [4.78, 5) is 11.4. The number of amides is 1. The number of rotatable bonds is 9. The normalized spacial score (nSPS) is 12.5. The van der Waals surface area contributed by atoms with Crippen LogP contribution in [0.25, 0.3) is 0 Å². The monoisotopic (exact) mass is 218 g/mol. The molecule has 90 valence electrons. The van der Waals surface area contributed by atoms with Crippen LogP contribution in [0.3, 0.4) is 0 Å². The first-order chi connectivity index (χ1) is 7.22. The minimum absolute atomic E-state index is 0.00414. The molecule has 0 bridgehead atoms. The van der Waals surface area contributed by atoms with Gasteiger partial charge in [-0.3, -0.25) is 4.79 Å². The second kappa shape index (κ2) is 9.89. The highest BCUT2D eigenvalue weighted by atomic mass is 16.5. The van der Waals surface area contributed by atoms with E-state index in [-0.39, 0.29) is 11.9 Å². The smallest absolute Gasteiger partial charge is 0.236 e. The van der Waals surface area contributed by atoms with Gasteiger partial charge in [0.05, 0.1) is 12.6 Å². The van der Waals surface area contributed by atoms with Gasteiger partial charge in [-0.15, -0.1) is 0 Å². The predicted octanol–water partition coefficient (Wildman–Crippen LogP) is -0.236. The summed E-state index contributed by atoms with van der Waals surface area (Å²) in [5.74, 6) is 0.00414. The lowest BCUT2D eigenvalue weighted by molar-refractivity contribution is -0.122. The quantitative estimate of drug-likeness (QED) is 0.525. The first-order valence-electron chi connectivity index (χ1n) is 5.21. The first-order valence-corrected chi connectivity index (χ1v) is 5.21. The molecule has 1 atom stereocenters. The van der Waals surface area contributed by atoms with E-state index >= 15 is 0 Å². The molecule has 5 heteroatoms. The molecule has 0 aliphatic heterocycles. The Labute approximate surface area is 91.5 Å². The minimum Gasteiger partial charge on any atom is -0.385 e. The van der Waals surface area contributed by atoms with Gasteiger partial charge in [-0.05, 0) is 19.9 Å². The van der Waals surface area contributed by atoms with Crippen LogP contribution in [-0.4, -0.2) is 52.5 Å². The Kier molecular flexibility index (Phi) is 9.46. The van der Waals surface area contributed by atoms with Crippen molar-refractivity contribution in [2.45, 2.75) is 19.4 Å². The molecule has 0 aromatic rings. The van der Waals surface area contributed by atoms with Crippen molar-refractivity contribution >= 4 is 5.91 Å². The molecule has 1 unspecified atom stereocenters. The molecule has 15 heavy (non-hydrogen) atoms. The molecule has 5 nitrogen and oxygen atoms in total. The third kappa shape index (κ3) is 8.35. The average molecular weight is 218 g/mol. The van der Waals surface area contributed by atoms with E-state index < -0.39 is 0 Å². The SMILES string of the molecule is COCCCNC(C)C(=O)NCCOC. The van der Waals surface area contributed by atoms with Crippen LogP contribution in [-0.2, 0) is 14.3 Å². The highest BCUT2D eigenvalue weighted by Gasteiger charge is 2.10. The number of carbonyl (C=O) groups excluding carboxylic acids is 1. The number of carbonyl (C=O) groups is 1. The maximum absolute atomic E-state index is 11.4. The molecule has 0 saturated carbocycles. The van der Waals surface area contributed by atoms with Gasteiger partial charge in [-0.25, -0.2) is 0 Å². The van der Waals surface area contributed by atoms with E-state index in [9.17, 15) is 4.79 Å². The summed E-state index contributed by atoms with van der Waals surface area (Å²) in [5, 5.41) is 5.88. The van der Waals surface area contributed by atoms with E-state index in [1.165, 1.54) is 0 Å². The van der Waals surface area contributed by atoms with Crippen LogP contribution < -0.4 is 10.6 Å². The molecule has 0 radical (unpaired) electrons. The summed E-state index contributed by atoms with van der Waals surface area (Å²) in [6.07, 6.45) is 0.909. The third-order valence-corrected chi connectivity index (χ3v) is 1.97. The van der Waals surface area contributed by atoms with Crippen LogP contribution in [0.1, 0.15) is 13.3 Å². The van der Waals surface area contributed by atoms with Gasteiger partial charge in [0, 0.05) is 27.4 Å². The Bertz CT molecular complexity index is 165. The molecule has 0 saturated heterocycles. The number of hydrogen-bond donors (Lipinski definition) is 2. The van der Waals surface area contributed by atoms with Crippen LogP contribution in [0.15, 0.2) is 0 Å². The highest BCUT2D eigenvalue weighted by Crippen LogP contribution is 1.84. The topological polar surface area (TPSA) is 59.6 Å². The fourth-order valence-corrected chi connectivity index (χ4v) is 1.06. The summed E-state index contributed by atoms with van der Waals surface area (Å²) < 4.78 is 9.74. The molecule has 1 amide bonds. The number of ether oxygens (including phenoxy) is 2. The highest BCUT2D eigenvalue weighted by molar-refractivity contribution is 5.81. The van der Waals surface area contributed by atoms with Crippen molar-refractivity contribution in [3.63, 3.8) is 0 Å². The van der Waals surface area contributed by atoms with E-state index in [1.54, 1.807) is 14.2 Å². The summed E-state index contributed by atoms with van der Waals surface area (Å²) in [6.45, 7) is 4.44. The average Bonchev–Trinajstić information content (AvgIpc) is 2.24. The van der Waals surface area contributed by atoms with Gasteiger partial charge in [-0.2, -0.15) is 0 Å². The fraction of sp³-hybridized carbons (Fsp3) is 0.900. The van der Waals surface area contributed by atoms with Crippen LogP contribution >= 0.6 is 0 Å². The van der Waals surface area contributed by atoms with Crippen molar-refractivity contribution in [1.82, 2.24) is 10.6 Å². The Morgan fingerprint density at radius 1 is 1.20 bits per heavy atom. The second-order valence-electron chi connectivity index (χ2n) is 3.31. The van der Waals surface area contributed by atoms with Gasteiger partial charge in [0.25, 0.3) is 0 Å². The Morgan fingerprint density at radius 2 is 1.87 bits per heavy atom. The lowest BCUT2D eigenvalue weighted by atomic mass is 10.3. The predicted molar refractivity (Wildman–Crippen MR) is 58.8 cm³/mol. The molecule has 0 fully saturated rings. The zero-order valence-electron chi connectivity index (χ0n) is 9.84. The summed E-state index contributed by atoms with van der Waals surface area (Å²) in [5.41, 5.74) is 0. The van der Waals surface area contributed by atoms with Crippen LogP contribution in [0.4, 0.5) is 0 Å². The third-order valence-electron chi connectivity index (χ3n) is 1.97. The van der Waals surface area contributed by atoms with Gasteiger partial charge >= 0.3 is 0 Å². The molecule has 0 heterocycles. The summed E-state index contributed by atoms with van der Waals surface area (Å²) >= 11 is 0. The maximum atomic E-state index is 11.4. The Balaban J connectivity index is 3.42. The van der Waals surface area contributed by atoms with Crippen LogP contribution in [0, 0.1) is 0 Å². The number of hydrogen-bond acceptors (Lipinski definition) is 4. The lowest BCUT2D eigenvalue weighted by Crippen LogP contribution is -2.43. The largest absolute Gasteiger partial charge is 0.385 e. The summed E-state index contributed by atoms with van der Waals surface area (Å²) in [7, 11) is 3.28. The van der Waals surface area contributed by atoms with Crippen molar-refractivity contribution in [2.24, 2.45) is 0 Å². The van der Waals surface area contributed by atoms with Crippen molar-refractivity contribution < 1.29 is 14.3 Å². The Morgan fingerprint density at radius 3 is 2.47 bits per heavy atom. The lowest BCUT2D eigenvalue weighted by Gasteiger charge is -2.13. The molecule has 0 aliphatic carbocycles. The zero-order valence-corrected chi connectivity index (χ0v) is 9.84. The number of methoxy groups -OCH3 is 2. The molecule has 0 aliphatic rings. The van der Waals surface area contributed by atoms with Crippen LogP contribution in [0.5, 0.6) is 0 Å². The zero-order chi connectivity index (χ0) is 11.5. The molecular weight excluding hydrogens is 196 g/mol. The van der Waals surface area contributed by atoms with Crippen molar-refractivity contribution in [3.8, 4) is 0 Å². The van der Waals surface area contributed by atoms with E-state index in [2.05, 4.69) is 10.6 Å². The van der Waals surface area contributed by atoms with Gasteiger partial charge in [-0.1, -0.05) is 0 Å². The van der Waals surface area contributed by atoms with Crippen molar-refractivity contribution in [1.29, 1.82) is 0 Å². The first kappa shape index (κ1) is 14.3. The molecule has 2 N–H and O–H groups in total. The fourth-order valence-electron chi connectivity index (χ4n) is 1.06. The van der Waals surface area contributed by atoms with Gasteiger partial charge < -0.3 is 20.1 Å². The minimum atomic E-state index is -0.168. The number of nitrogens with one attached hydrogen (secondary N) is 2. The van der Waals surface area contributed by atoms with E-state index in [1.807, 2.05) is 6.92 Å². The molecule has 0 spiro atoms. The van der Waals surface area contributed by atoms with Crippen molar-refractivity contribution in [2.75, 3.05) is 40.5 Å². The van der Waals surface area contributed by atoms with E-state index in [0.717, 1.165) is 13.0 Å². The molecule has 0 aromatic carbocycles. The van der Waals surface area contributed by atoms with Gasteiger partial charge in [0.2, 0.25) is 5.91 Å².